The molecular weight excluding hydrogens is 412 g/mol. The van der Waals surface area contributed by atoms with E-state index in [4.69, 9.17) is 9.47 Å². The van der Waals surface area contributed by atoms with Gasteiger partial charge in [0.05, 0.1) is 6.42 Å². The van der Waals surface area contributed by atoms with E-state index in [2.05, 4.69) is 0 Å². The van der Waals surface area contributed by atoms with E-state index >= 15 is 0 Å². The van der Waals surface area contributed by atoms with Crippen LogP contribution in [0.5, 0.6) is 23.0 Å². The van der Waals surface area contributed by atoms with Crippen molar-refractivity contribution >= 4 is 12.1 Å². The summed E-state index contributed by atoms with van der Waals surface area (Å²) in [6.45, 7) is -0.423. The van der Waals surface area contributed by atoms with Crippen LogP contribution < -0.4 is 9.47 Å². The third kappa shape index (κ3) is 4.94. The lowest BCUT2D eigenvalue weighted by atomic mass is 9.95. The van der Waals surface area contributed by atoms with Crippen molar-refractivity contribution in [2.75, 3.05) is 6.61 Å². The first kappa shape index (κ1) is 22.5. The minimum Gasteiger partial charge on any atom is -0.508 e. The monoisotopic (exact) mass is 434 g/mol. The van der Waals surface area contributed by atoms with Crippen LogP contribution in [-0.4, -0.2) is 73.7 Å². The molecule has 31 heavy (non-hydrogen) atoms. The molecule has 166 valence electrons. The molecule has 2 aromatic carbocycles. The number of ketones is 1. The van der Waals surface area contributed by atoms with Crippen LogP contribution in [0.3, 0.4) is 0 Å². The van der Waals surface area contributed by atoms with E-state index in [0.717, 1.165) is 6.07 Å². The molecule has 0 aliphatic carbocycles. The van der Waals surface area contributed by atoms with Crippen molar-refractivity contribution in [3.05, 3.63) is 47.5 Å². The molecule has 1 aliphatic heterocycles. The van der Waals surface area contributed by atoms with Crippen molar-refractivity contribution in [2.45, 2.75) is 36.9 Å². The Kier molecular flexibility index (Phi) is 6.76. The van der Waals surface area contributed by atoms with E-state index in [1.165, 1.54) is 18.2 Å². The zero-order valence-electron chi connectivity index (χ0n) is 16.2. The summed E-state index contributed by atoms with van der Waals surface area (Å²) in [4.78, 5) is 22.8. The quantitative estimate of drug-likeness (QED) is 0.306. The molecule has 0 saturated heterocycles. The van der Waals surface area contributed by atoms with Gasteiger partial charge in [-0.25, -0.2) is 0 Å². The molecule has 0 amide bonds. The van der Waals surface area contributed by atoms with Crippen LogP contribution in [0.25, 0.3) is 0 Å². The standard InChI is InChI=1S/C21H22O10/c22-8-15(26)20(28)21(29)16(27)9-30-12-3-1-10(2-4-12)17-7-14(25)19-13(24)5-11(23)6-18(19)31-17/h1-6,8,15-17,20-21,23-24,26-29H,7,9H2. The minimum absolute atomic E-state index is 0.0171. The number of fused-ring (bicyclic) bond motifs is 1. The SMILES string of the molecule is O=CC(O)C(O)C(O)C(O)COc1ccc(C2CC(=O)c3c(O)cc(O)cc3O2)cc1. The lowest BCUT2D eigenvalue weighted by Crippen LogP contribution is -2.47. The molecule has 3 rings (SSSR count). The molecule has 0 bridgehead atoms. The average molecular weight is 434 g/mol. The summed E-state index contributed by atoms with van der Waals surface area (Å²) >= 11 is 0. The van der Waals surface area contributed by atoms with Gasteiger partial charge in [-0.2, -0.15) is 0 Å². The second-order valence-electron chi connectivity index (χ2n) is 7.13. The van der Waals surface area contributed by atoms with Crippen LogP contribution in [0, 0.1) is 0 Å². The summed E-state index contributed by atoms with van der Waals surface area (Å²) < 4.78 is 11.1. The van der Waals surface area contributed by atoms with Crippen molar-refractivity contribution < 1.29 is 49.7 Å². The molecule has 10 nitrogen and oxygen atoms in total. The maximum absolute atomic E-state index is 12.4. The smallest absolute Gasteiger partial charge is 0.174 e. The summed E-state index contributed by atoms with van der Waals surface area (Å²) in [5.74, 6) is -0.545. The number of Topliss-reactive ketones (excluding diaryl/α,β-unsaturated/α-hetero) is 1. The number of benzene rings is 2. The molecule has 5 unspecified atom stereocenters. The predicted octanol–water partition coefficient (Wildman–Crippen LogP) is -0.174. The molecule has 6 N–H and O–H groups in total. The van der Waals surface area contributed by atoms with Crippen LogP contribution in [0.4, 0.5) is 0 Å². The highest BCUT2D eigenvalue weighted by atomic mass is 16.5. The summed E-state index contributed by atoms with van der Waals surface area (Å²) in [5, 5.41) is 57.8. The highest BCUT2D eigenvalue weighted by molar-refractivity contribution is 6.02. The Labute approximate surface area is 176 Å². The van der Waals surface area contributed by atoms with Gasteiger partial charge in [0, 0.05) is 12.1 Å². The third-order valence-corrected chi connectivity index (χ3v) is 4.89. The number of aromatic hydroxyl groups is 2. The van der Waals surface area contributed by atoms with E-state index in [9.17, 15) is 40.2 Å². The van der Waals surface area contributed by atoms with Crippen molar-refractivity contribution in [3.8, 4) is 23.0 Å². The van der Waals surface area contributed by atoms with Crippen LogP contribution in [0.2, 0.25) is 0 Å². The van der Waals surface area contributed by atoms with Gasteiger partial charge in [-0.15, -0.1) is 0 Å². The van der Waals surface area contributed by atoms with Gasteiger partial charge < -0.3 is 44.9 Å². The fourth-order valence-electron chi connectivity index (χ4n) is 3.18. The maximum atomic E-state index is 12.4. The van der Waals surface area contributed by atoms with Crippen LogP contribution >= 0.6 is 0 Å². The van der Waals surface area contributed by atoms with Gasteiger partial charge in [-0.1, -0.05) is 12.1 Å². The summed E-state index contributed by atoms with van der Waals surface area (Å²) in [5.41, 5.74) is 0.641. The molecule has 1 aliphatic rings. The average Bonchev–Trinajstić information content (AvgIpc) is 2.75. The summed E-state index contributed by atoms with van der Waals surface area (Å²) in [7, 11) is 0. The highest BCUT2D eigenvalue weighted by Gasteiger charge is 2.32. The summed E-state index contributed by atoms with van der Waals surface area (Å²) in [6, 6.07) is 8.63. The molecule has 10 heteroatoms. The second-order valence-corrected chi connectivity index (χ2v) is 7.13. The van der Waals surface area contributed by atoms with Gasteiger partial charge >= 0.3 is 0 Å². The van der Waals surface area contributed by atoms with E-state index < -0.39 is 37.1 Å². The maximum Gasteiger partial charge on any atom is 0.174 e. The zero-order chi connectivity index (χ0) is 22.7. The predicted molar refractivity (Wildman–Crippen MR) is 104 cm³/mol. The fraction of sp³-hybridized carbons (Fsp3) is 0.333. The number of carbonyl (C=O) groups excluding carboxylic acids is 2. The van der Waals surface area contributed by atoms with Crippen LogP contribution in [0.1, 0.15) is 28.4 Å². The molecule has 1 heterocycles. The Hall–Kier alpha value is -3.18. The van der Waals surface area contributed by atoms with Gasteiger partial charge in [0.15, 0.2) is 12.1 Å². The van der Waals surface area contributed by atoms with E-state index in [0.29, 0.717) is 11.3 Å². The van der Waals surface area contributed by atoms with E-state index in [-0.39, 0.29) is 41.3 Å². The van der Waals surface area contributed by atoms with Crippen LogP contribution in [0.15, 0.2) is 36.4 Å². The lowest BCUT2D eigenvalue weighted by molar-refractivity contribution is -0.135. The number of hydrogen-bond acceptors (Lipinski definition) is 10. The Morgan fingerprint density at radius 3 is 2.39 bits per heavy atom. The highest BCUT2D eigenvalue weighted by Crippen LogP contribution is 2.41. The second kappa shape index (κ2) is 9.31. The molecule has 5 atom stereocenters. The first-order valence-corrected chi connectivity index (χ1v) is 9.37. The van der Waals surface area contributed by atoms with Crippen molar-refractivity contribution in [3.63, 3.8) is 0 Å². The molecular formula is C21H22O10. The van der Waals surface area contributed by atoms with Crippen LogP contribution in [-0.2, 0) is 4.79 Å². The minimum atomic E-state index is -1.86. The van der Waals surface area contributed by atoms with Crippen molar-refractivity contribution in [1.29, 1.82) is 0 Å². The topological polar surface area (TPSA) is 174 Å². The zero-order valence-corrected chi connectivity index (χ0v) is 16.2. The number of aliphatic hydroxyl groups excluding tert-OH is 4. The number of hydrogen-bond donors (Lipinski definition) is 6. The number of carbonyl (C=O) groups is 2. The number of ether oxygens (including phenoxy) is 2. The molecule has 0 saturated carbocycles. The van der Waals surface area contributed by atoms with Gasteiger partial charge in [-0.3, -0.25) is 4.79 Å². The van der Waals surface area contributed by atoms with Gasteiger partial charge in [0.2, 0.25) is 0 Å². The number of aldehydes is 1. The van der Waals surface area contributed by atoms with E-state index in [1.54, 1.807) is 12.1 Å². The van der Waals surface area contributed by atoms with Crippen molar-refractivity contribution in [2.24, 2.45) is 0 Å². The Morgan fingerprint density at radius 1 is 1.06 bits per heavy atom. The number of phenolic OH excluding ortho intramolecular Hbond substituents is 2. The van der Waals surface area contributed by atoms with Gasteiger partial charge in [0.25, 0.3) is 0 Å². The Bertz CT molecular complexity index is 942. The molecule has 0 radical (unpaired) electrons. The number of aliphatic hydroxyl groups is 4. The first-order valence-electron chi connectivity index (χ1n) is 9.37. The molecule has 0 fully saturated rings. The first-order chi connectivity index (χ1) is 14.7. The lowest BCUT2D eigenvalue weighted by Gasteiger charge is -2.26. The number of rotatable bonds is 8. The number of phenols is 2. The molecule has 2 aromatic rings. The fourth-order valence-corrected chi connectivity index (χ4v) is 3.18. The van der Waals surface area contributed by atoms with Gasteiger partial charge in [-0.05, 0) is 17.7 Å². The molecule has 0 aromatic heterocycles. The third-order valence-electron chi connectivity index (χ3n) is 4.89. The van der Waals surface area contributed by atoms with Crippen molar-refractivity contribution in [1.82, 2.24) is 0 Å². The largest absolute Gasteiger partial charge is 0.508 e. The van der Waals surface area contributed by atoms with Gasteiger partial charge in [0.1, 0.15) is 65.7 Å². The molecule has 0 spiro atoms. The normalized spacial score (nSPS) is 19.5. The Morgan fingerprint density at radius 2 is 1.74 bits per heavy atom. The van der Waals surface area contributed by atoms with E-state index in [1.807, 2.05) is 0 Å². The summed E-state index contributed by atoms with van der Waals surface area (Å²) in [6.07, 6.45) is -7.69. The Balaban J connectivity index is 1.63.